The summed E-state index contributed by atoms with van der Waals surface area (Å²) in [5.74, 6) is 0.793. The Morgan fingerprint density at radius 2 is 1.77 bits per heavy atom. The molecule has 0 aliphatic carbocycles. The van der Waals surface area contributed by atoms with Gasteiger partial charge in [-0.15, -0.1) is 0 Å². The standard InChI is InChI=1S/C19H18F3N3O4S/c1-13-18(12-17(28-13)16-5-6-23-29-16)30(26,27)25-9-7-24(8-10-25)15-4-2-3-14(11-15)19(20,21)22/h2-6,11-12H,7-10H2,1H3. The Labute approximate surface area is 170 Å². The van der Waals surface area contributed by atoms with Crippen molar-refractivity contribution in [3.63, 3.8) is 0 Å². The van der Waals surface area contributed by atoms with E-state index in [1.54, 1.807) is 24.0 Å². The first kappa shape index (κ1) is 20.5. The number of aromatic nitrogens is 1. The highest BCUT2D eigenvalue weighted by Crippen LogP contribution is 2.33. The van der Waals surface area contributed by atoms with Crippen LogP contribution in [-0.2, 0) is 16.2 Å². The van der Waals surface area contributed by atoms with E-state index in [9.17, 15) is 21.6 Å². The minimum absolute atomic E-state index is 0.0291. The number of nitrogens with zero attached hydrogens (tertiary/aromatic N) is 3. The number of anilines is 1. The molecule has 160 valence electrons. The van der Waals surface area contributed by atoms with Crippen molar-refractivity contribution in [2.45, 2.75) is 18.0 Å². The molecule has 1 fully saturated rings. The van der Waals surface area contributed by atoms with Gasteiger partial charge in [0.1, 0.15) is 10.7 Å². The summed E-state index contributed by atoms with van der Waals surface area (Å²) in [4.78, 5) is 1.77. The van der Waals surface area contributed by atoms with Crippen molar-refractivity contribution in [1.29, 1.82) is 0 Å². The third-order valence-electron chi connectivity index (χ3n) is 4.95. The van der Waals surface area contributed by atoms with E-state index in [1.807, 2.05) is 0 Å². The van der Waals surface area contributed by atoms with E-state index >= 15 is 0 Å². The fourth-order valence-electron chi connectivity index (χ4n) is 3.39. The summed E-state index contributed by atoms with van der Waals surface area (Å²) < 4.78 is 76.8. The Morgan fingerprint density at radius 3 is 2.40 bits per heavy atom. The minimum Gasteiger partial charge on any atom is -0.457 e. The van der Waals surface area contributed by atoms with E-state index in [0.717, 1.165) is 12.1 Å². The number of halogens is 3. The number of hydrogen-bond donors (Lipinski definition) is 0. The quantitative estimate of drug-likeness (QED) is 0.613. The number of furan rings is 1. The zero-order chi connectivity index (χ0) is 21.5. The predicted molar refractivity (Wildman–Crippen MR) is 101 cm³/mol. The van der Waals surface area contributed by atoms with Crippen molar-refractivity contribution in [2.24, 2.45) is 0 Å². The molecule has 3 heterocycles. The van der Waals surface area contributed by atoms with Gasteiger partial charge in [-0.3, -0.25) is 0 Å². The van der Waals surface area contributed by atoms with Crippen molar-refractivity contribution in [3.8, 4) is 11.5 Å². The monoisotopic (exact) mass is 441 g/mol. The summed E-state index contributed by atoms with van der Waals surface area (Å²) in [6.07, 6.45) is -3.00. The van der Waals surface area contributed by atoms with Crippen molar-refractivity contribution >= 4 is 15.7 Å². The maximum absolute atomic E-state index is 13.1. The Bertz CT molecular complexity index is 1130. The molecule has 0 unspecified atom stereocenters. The fraction of sp³-hybridized carbons (Fsp3) is 0.316. The average molecular weight is 441 g/mol. The largest absolute Gasteiger partial charge is 0.457 e. The molecule has 1 aliphatic heterocycles. The zero-order valence-corrected chi connectivity index (χ0v) is 16.7. The Hall–Kier alpha value is -2.79. The summed E-state index contributed by atoms with van der Waals surface area (Å²) in [5, 5.41) is 3.58. The number of benzene rings is 1. The van der Waals surface area contributed by atoms with Crippen LogP contribution in [0.1, 0.15) is 11.3 Å². The van der Waals surface area contributed by atoms with Gasteiger partial charge in [-0.2, -0.15) is 17.5 Å². The van der Waals surface area contributed by atoms with Gasteiger partial charge in [0.25, 0.3) is 0 Å². The van der Waals surface area contributed by atoms with Gasteiger partial charge in [0.2, 0.25) is 15.8 Å². The number of hydrogen-bond acceptors (Lipinski definition) is 6. The van der Waals surface area contributed by atoms with Crippen LogP contribution in [0.2, 0.25) is 0 Å². The second-order valence-corrected chi connectivity index (χ2v) is 8.75. The van der Waals surface area contributed by atoms with Crippen LogP contribution in [0.5, 0.6) is 0 Å². The molecule has 0 spiro atoms. The van der Waals surface area contributed by atoms with Gasteiger partial charge in [-0.1, -0.05) is 11.2 Å². The van der Waals surface area contributed by atoms with Gasteiger partial charge in [0.05, 0.1) is 11.8 Å². The molecule has 2 aromatic heterocycles. The van der Waals surface area contributed by atoms with Crippen LogP contribution in [-0.4, -0.2) is 44.1 Å². The molecule has 1 aliphatic rings. The molecule has 0 amide bonds. The number of sulfonamides is 1. The van der Waals surface area contributed by atoms with Crippen LogP contribution in [0, 0.1) is 6.92 Å². The Balaban J connectivity index is 1.50. The van der Waals surface area contributed by atoms with E-state index in [2.05, 4.69) is 5.16 Å². The molecule has 3 aromatic rings. The first-order chi connectivity index (χ1) is 14.2. The van der Waals surface area contributed by atoms with E-state index in [1.165, 1.54) is 22.6 Å². The van der Waals surface area contributed by atoms with Crippen LogP contribution in [0.3, 0.4) is 0 Å². The van der Waals surface area contributed by atoms with Crippen molar-refractivity contribution in [1.82, 2.24) is 9.46 Å². The lowest BCUT2D eigenvalue weighted by Crippen LogP contribution is -2.48. The molecule has 11 heteroatoms. The lowest BCUT2D eigenvalue weighted by Gasteiger charge is -2.35. The topological polar surface area (TPSA) is 79.8 Å². The summed E-state index contributed by atoms with van der Waals surface area (Å²) in [6.45, 7) is 2.37. The van der Waals surface area contributed by atoms with E-state index < -0.39 is 21.8 Å². The minimum atomic E-state index is -4.43. The predicted octanol–water partition coefficient (Wildman–Crippen LogP) is 3.77. The van der Waals surface area contributed by atoms with Crippen LogP contribution in [0.25, 0.3) is 11.5 Å². The molecule has 4 rings (SSSR count). The third kappa shape index (κ3) is 3.82. The second kappa shape index (κ2) is 7.47. The smallest absolute Gasteiger partial charge is 0.416 e. The number of alkyl halides is 3. The molecule has 0 bridgehead atoms. The number of rotatable bonds is 4. The second-order valence-electron chi connectivity index (χ2n) is 6.85. The van der Waals surface area contributed by atoms with Gasteiger partial charge in [0.15, 0.2) is 5.76 Å². The summed E-state index contributed by atoms with van der Waals surface area (Å²) in [7, 11) is -3.83. The van der Waals surface area contributed by atoms with E-state index in [0.29, 0.717) is 11.4 Å². The maximum atomic E-state index is 13.1. The summed E-state index contributed by atoms with van der Waals surface area (Å²) in [5.41, 5.74) is -0.321. The first-order valence-electron chi connectivity index (χ1n) is 9.10. The van der Waals surface area contributed by atoms with Crippen molar-refractivity contribution in [2.75, 3.05) is 31.1 Å². The molecule has 0 radical (unpaired) electrons. The lowest BCUT2D eigenvalue weighted by molar-refractivity contribution is -0.137. The highest BCUT2D eigenvalue weighted by molar-refractivity contribution is 7.89. The van der Waals surface area contributed by atoms with Crippen molar-refractivity contribution < 1.29 is 30.5 Å². The lowest BCUT2D eigenvalue weighted by atomic mass is 10.1. The summed E-state index contributed by atoms with van der Waals surface area (Å²) >= 11 is 0. The van der Waals surface area contributed by atoms with Gasteiger partial charge in [-0.25, -0.2) is 8.42 Å². The molecular weight excluding hydrogens is 423 g/mol. The van der Waals surface area contributed by atoms with E-state index in [4.69, 9.17) is 8.94 Å². The molecule has 0 atom stereocenters. The Kier molecular flexibility index (Phi) is 5.10. The molecule has 30 heavy (non-hydrogen) atoms. The molecule has 7 nitrogen and oxygen atoms in total. The van der Waals surface area contributed by atoms with Crippen LogP contribution in [0.15, 0.2) is 56.4 Å². The Morgan fingerprint density at radius 1 is 1.03 bits per heavy atom. The number of piperazine rings is 1. The molecular formula is C19H18F3N3O4S. The van der Waals surface area contributed by atoms with Gasteiger partial charge < -0.3 is 13.8 Å². The van der Waals surface area contributed by atoms with Gasteiger partial charge >= 0.3 is 6.18 Å². The average Bonchev–Trinajstić information content (AvgIpc) is 3.37. The van der Waals surface area contributed by atoms with Crippen LogP contribution in [0.4, 0.5) is 18.9 Å². The molecule has 0 N–H and O–H groups in total. The zero-order valence-electron chi connectivity index (χ0n) is 15.9. The SMILES string of the molecule is Cc1oc(-c2ccno2)cc1S(=O)(=O)N1CCN(c2cccc(C(F)(F)F)c2)CC1. The van der Waals surface area contributed by atoms with Gasteiger partial charge in [0, 0.05) is 44.0 Å². The highest BCUT2D eigenvalue weighted by Gasteiger charge is 2.34. The molecule has 0 saturated carbocycles. The normalized spacial score (nSPS) is 16.2. The van der Waals surface area contributed by atoms with Crippen LogP contribution >= 0.6 is 0 Å². The maximum Gasteiger partial charge on any atom is 0.416 e. The van der Waals surface area contributed by atoms with Crippen LogP contribution < -0.4 is 4.90 Å². The number of aryl methyl sites for hydroxylation is 1. The molecule has 1 aromatic carbocycles. The molecule has 1 saturated heterocycles. The fourth-order valence-corrected chi connectivity index (χ4v) is 4.97. The van der Waals surface area contributed by atoms with Gasteiger partial charge in [-0.05, 0) is 25.1 Å². The first-order valence-corrected chi connectivity index (χ1v) is 10.5. The van der Waals surface area contributed by atoms with Crippen molar-refractivity contribution in [3.05, 3.63) is 53.9 Å². The third-order valence-corrected chi connectivity index (χ3v) is 6.95. The highest BCUT2D eigenvalue weighted by atomic mass is 32.2. The summed E-state index contributed by atoms with van der Waals surface area (Å²) in [6, 6.07) is 7.98. The van der Waals surface area contributed by atoms with E-state index in [-0.39, 0.29) is 42.6 Å².